The summed E-state index contributed by atoms with van der Waals surface area (Å²) in [4.78, 5) is 38.5. The maximum absolute atomic E-state index is 13.8. The summed E-state index contributed by atoms with van der Waals surface area (Å²) in [5.74, 6) is 1.97. The number of unbranched alkanes of at least 4 members (excludes halogenated alkanes) is 30. The fourth-order valence-corrected chi connectivity index (χ4v) is 16.1. The molecule has 0 aromatic heterocycles. The highest BCUT2D eigenvalue weighted by atomic mass is 28.4. The molecule has 7 aromatic rings. The average Bonchev–Trinajstić information content (AvgIpc) is 1.50. The molecule has 19 heteroatoms. The van der Waals surface area contributed by atoms with Crippen molar-refractivity contribution in [3.63, 3.8) is 0 Å². The number of aromatic hydroxyl groups is 6. The molecule has 688 valence electrons. The summed E-state index contributed by atoms with van der Waals surface area (Å²) < 4.78 is 47.0. The lowest BCUT2D eigenvalue weighted by Crippen LogP contribution is -2.28. The first-order valence-corrected chi connectivity index (χ1v) is 54.1. The Morgan fingerprint density at radius 3 is 0.927 bits per heavy atom. The minimum Gasteiger partial charge on any atom is -0.507 e. The van der Waals surface area contributed by atoms with E-state index in [1.807, 2.05) is 82.3 Å². The highest BCUT2D eigenvalue weighted by Crippen LogP contribution is 2.51. The van der Waals surface area contributed by atoms with Crippen molar-refractivity contribution < 1.29 is 82.3 Å². The van der Waals surface area contributed by atoms with E-state index in [2.05, 4.69) is 73.9 Å². The molecule has 0 amide bonds. The summed E-state index contributed by atoms with van der Waals surface area (Å²) in [6.45, 7) is 35.3. The predicted molar refractivity (Wildman–Crippen MR) is 511 cm³/mol. The number of benzene rings is 7. The van der Waals surface area contributed by atoms with Gasteiger partial charge in [-0.3, -0.25) is 14.4 Å². The number of rotatable bonds is 57. The third kappa shape index (κ3) is 39.6. The van der Waals surface area contributed by atoms with Gasteiger partial charge in [-0.2, -0.15) is 0 Å². The lowest BCUT2D eigenvalue weighted by atomic mass is 9.80. The molecular formula is C105H158O17Si2. The van der Waals surface area contributed by atoms with Gasteiger partial charge >= 0.3 is 5.97 Å². The number of ketones is 2. The topological polar surface area (TPSA) is 246 Å². The fraction of sp³-hybridized carbons (Fsp3) is 0.571. The number of ether oxygens (including phenoxy) is 6. The summed E-state index contributed by atoms with van der Waals surface area (Å²) in [7, 11) is -3.13. The molecular weight excluding hydrogens is 1590 g/mol. The lowest BCUT2D eigenvalue weighted by molar-refractivity contribution is -0.146. The summed E-state index contributed by atoms with van der Waals surface area (Å²) in [5.41, 5.74) is 5.91. The summed E-state index contributed by atoms with van der Waals surface area (Å²) in [6.07, 6.45) is 43.4. The van der Waals surface area contributed by atoms with Gasteiger partial charge < -0.3 is 67.9 Å². The number of cyclic esters (lactones) is 1. The molecule has 1 saturated heterocycles. The Bertz CT molecular complexity index is 4070. The molecule has 0 aliphatic carbocycles. The van der Waals surface area contributed by atoms with Crippen LogP contribution in [0.2, 0.25) is 39.3 Å². The van der Waals surface area contributed by atoms with Gasteiger partial charge in [-0.25, -0.2) is 0 Å². The monoisotopic (exact) mass is 1750 g/mol. The Morgan fingerprint density at radius 2 is 0.629 bits per heavy atom. The molecule has 0 saturated carbocycles. The molecule has 0 spiro atoms. The first kappa shape index (κ1) is 106. The average molecular weight is 1750 g/mol. The minimum atomic E-state index is -1.56. The largest absolute Gasteiger partial charge is 0.507 e. The molecule has 124 heavy (non-hydrogen) atoms. The molecule has 7 aromatic carbocycles. The molecule has 17 nitrogen and oxygen atoms in total. The molecule has 0 atom stereocenters. The Kier molecular flexibility index (Phi) is 50.2. The third-order valence-corrected chi connectivity index (χ3v) is 24.2. The van der Waals surface area contributed by atoms with Crippen molar-refractivity contribution in [1.29, 1.82) is 0 Å². The third-order valence-electron chi connectivity index (χ3n) is 22.2. The zero-order valence-corrected chi connectivity index (χ0v) is 80.8. The Balaban J connectivity index is 0.000000316. The zero-order valence-electron chi connectivity index (χ0n) is 78.8. The second-order valence-corrected chi connectivity index (χ2v) is 44.7. The highest BCUT2D eigenvalue weighted by Gasteiger charge is 2.48. The first-order chi connectivity index (χ1) is 59.5. The van der Waals surface area contributed by atoms with Gasteiger partial charge in [0.25, 0.3) is 0 Å². The van der Waals surface area contributed by atoms with Gasteiger partial charge in [0, 0.05) is 52.9 Å². The van der Waals surface area contributed by atoms with Crippen molar-refractivity contribution in [2.45, 2.75) is 358 Å². The minimum absolute atomic E-state index is 0.0693. The van der Waals surface area contributed by atoms with Crippen LogP contribution in [0.25, 0.3) is 0 Å². The molecule has 8 rings (SSSR count). The fourth-order valence-electron chi connectivity index (χ4n) is 14.9. The van der Waals surface area contributed by atoms with Crippen LogP contribution in [0.5, 0.6) is 63.2 Å². The van der Waals surface area contributed by atoms with Crippen LogP contribution in [0.1, 0.15) is 349 Å². The number of hydrogen-bond acceptors (Lipinski definition) is 17. The second kappa shape index (κ2) is 58.7. The van der Waals surface area contributed by atoms with Crippen molar-refractivity contribution in [2.24, 2.45) is 0 Å². The number of para-hydroxylation sites is 1. The van der Waals surface area contributed by atoms with Crippen LogP contribution in [0.15, 0.2) is 115 Å². The molecule has 1 aliphatic rings. The Hall–Kier alpha value is -8.50. The SMILES string of the molecule is CCCCCCCCCCCOc1ccc(C(=O)c2ccc(OCCCCCCCCCCC)cc2OCCCCCCCCCCC)c(O)c1.CCCCCCOc1ccc(C(=O)c2ccc(OCCCCCC)cc2O)c(O)c1.C[Si](C)(C)OCc1cccc(CO[Si](C)(C)C)c1O.Cc1cc(C)c(O)c(C2(c3cc(C)cc(C)c3O)CCC(=O)O2)c1. The Labute approximate surface area is 748 Å². The lowest BCUT2D eigenvalue weighted by Gasteiger charge is -2.31. The van der Waals surface area contributed by atoms with Gasteiger partial charge in [0.15, 0.2) is 33.8 Å². The van der Waals surface area contributed by atoms with E-state index in [0.29, 0.717) is 98.1 Å². The normalized spacial score (nSPS) is 12.3. The summed E-state index contributed by atoms with van der Waals surface area (Å²) >= 11 is 0. The van der Waals surface area contributed by atoms with Crippen LogP contribution < -0.4 is 23.7 Å². The molecule has 1 aliphatic heterocycles. The first-order valence-electron chi connectivity index (χ1n) is 47.3. The van der Waals surface area contributed by atoms with Gasteiger partial charge in [0.1, 0.15) is 63.2 Å². The van der Waals surface area contributed by atoms with E-state index < -0.39 is 28.0 Å². The number of esters is 1. The van der Waals surface area contributed by atoms with Gasteiger partial charge in [0.2, 0.25) is 0 Å². The molecule has 0 radical (unpaired) electrons. The molecule has 0 bridgehead atoms. The van der Waals surface area contributed by atoms with E-state index in [1.165, 1.54) is 178 Å². The van der Waals surface area contributed by atoms with Crippen LogP contribution >= 0.6 is 0 Å². The van der Waals surface area contributed by atoms with Crippen molar-refractivity contribution >= 4 is 34.2 Å². The van der Waals surface area contributed by atoms with E-state index in [9.17, 15) is 45.0 Å². The van der Waals surface area contributed by atoms with Crippen LogP contribution in [0.3, 0.4) is 0 Å². The quantitative estimate of drug-likeness (QED) is 0.00898. The van der Waals surface area contributed by atoms with Crippen LogP contribution in [0.4, 0.5) is 0 Å². The number of aryl methyl sites for hydroxylation is 4. The number of phenols is 6. The van der Waals surface area contributed by atoms with E-state index in [4.69, 9.17) is 37.3 Å². The van der Waals surface area contributed by atoms with Crippen molar-refractivity contribution in [1.82, 2.24) is 0 Å². The van der Waals surface area contributed by atoms with Crippen molar-refractivity contribution in [2.75, 3.05) is 33.0 Å². The van der Waals surface area contributed by atoms with Gasteiger partial charge in [0.05, 0.1) is 74.9 Å². The van der Waals surface area contributed by atoms with Gasteiger partial charge in [-0.1, -0.05) is 269 Å². The molecule has 0 unspecified atom stereocenters. The second-order valence-electron chi connectivity index (χ2n) is 35.7. The zero-order chi connectivity index (χ0) is 90.7. The molecule has 1 heterocycles. The smallest absolute Gasteiger partial charge is 0.307 e. The van der Waals surface area contributed by atoms with Crippen LogP contribution in [0, 0.1) is 27.7 Å². The summed E-state index contributed by atoms with van der Waals surface area (Å²) in [5, 5.41) is 63.0. The number of phenolic OH excluding ortho intramolecular Hbond substituents is 6. The number of carbonyl (C=O) groups is 3. The number of carbonyl (C=O) groups excluding carboxylic acids is 3. The van der Waals surface area contributed by atoms with Crippen LogP contribution in [-0.4, -0.2) is 97.8 Å². The maximum Gasteiger partial charge on any atom is 0.307 e. The van der Waals surface area contributed by atoms with E-state index in [1.54, 1.807) is 36.4 Å². The maximum atomic E-state index is 13.8. The van der Waals surface area contributed by atoms with E-state index in [-0.39, 0.29) is 63.6 Å². The Morgan fingerprint density at radius 1 is 0.347 bits per heavy atom. The van der Waals surface area contributed by atoms with E-state index >= 15 is 0 Å². The standard InChI is InChI=1S/C46H76O5.C25H34O5.C20H22O4.C14H26O3Si2/c1-4-7-10-13-16-19-22-25-28-35-49-40-31-33-42(44(47)38-40)46(48)43-34-32-41(50-36-29-26-23-20-17-14-11-8-5-2)39-45(43)51-37-30-27-24-21-18-15-12-9-6-3;1-3-5-7-9-15-29-19-11-13-21(23(26)17-19)25(28)22-14-12-20(18-24(22)27)30-16-10-8-6-4-2;1-11-7-13(3)18(22)15(9-11)20(6-5-17(21)24-20)16-10-12(2)8-14(4)19(16)23;1-18(2,3)16-10-12-8-7-9-13(14(12)15)11-17-19(4,5)6/h31-34,38-39,47H,4-30,35-37H2,1-3H3;11-14,17-18,26-27H,3-10,15-16H2,1-2H3;7-10,22-23H,5-6H2,1-4H3;7-9,15H,10-11H2,1-6H3. The van der Waals surface area contributed by atoms with E-state index in [0.717, 1.165) is 110 Å². The van der Waals surface area contributed by atoms with Gasteiger partial charge in [-0.05, 0) is 171 Å². The summed E-state index contributed by atoms with van der Waals surface area (Å²) in [6, 6.07) is 33.0. The van der Waals surface area contributed by atoms with Crippen molar-refractivity contribution in [3.8, 4) is 63.2 Å². The predicted octanol–water partition coefficient (Wildman–Crippen LogP) is 28.6. The van der Waals surface area contributed by atoms with Crippen molar-refractivity contribution in [3.05, 3.63) is 182 Å². The highest BCUT2D eigenvalue weighted by molar-refractivity contribution is 6.70. The molecule has 1 fully saturated rings. The number of hydrogen-bond donors (Lipinski definition) is 6. The van der Waals surface area contributed by atoms with Gasteiger partial charge in [-0.15, -0.1) is 0 Å². The molecule has 6 N–H and O–H groups in total. The van der Waals surface area contributed by atoms with Crippen LogP contribution in [-0.2, 0) is 37.2 Å².